The molecule has 3 rings (SSSR count). The summed E-state index contributed by atoms with van der Waals surface area (Å²) in [5.74, 6) is 0.696. The van der Waals surface area contributed by atoms with Crippen LogP contribution >= 0.6 is 35.6 Å². The Kier molecular flexibility index (Phi) is 6.36. The number of benzene rings is 1. The largest absolute Gasteiger partial charge is 0.457 e. The van der Waals surface area contributed by atoms with Crippen molar-refractivity contribution < 1.29 is 14.0 Å². The van der Waals surface area contributed by atoms with Gasteiger partial charge < -0.3 is 9.73 Å². The number of nitrogens with zero attached hydrogens (tertiary/aromatic N) is 1. The summed E-state index contributed by atoms with van der Waals surface area (Å²) in [5.41, 5.74) is 0.888. The van der Waals surface area contributed by atoms with E-state index >= 15 is 0 Å². The van der Waals surface area contributed by atoms with Crippen LogP contribution in [-0.2, 0) is 9.59 Å². The first-order chi connectivity index (χ1) is 13.0. The molecule has 0 saturated carbocycles. The lowest BCUT2D eigenvalue weighted by atomic mass is 10.2. The highest BCUT2D eigenvalue weighted by molar-refractivity contribution is 8.26. The molecule has 2 aromatic rings. The van der Waals surface area contributed by atoms with Crippen molar-refractivity contribution >= 4 is 57.8 Å². The minimum atomic E-state index is -0.291. The van der Waals surface area contributed by atoms with Crippen molar-refractivity contribution in [3.05, 3.63) is 52.1 Å². The minimum absolute atomic E-state index is 0.0732. The third-order valence-corrected chi connectivity index (χ3v) is 5.41. The second-order valence-electron chi connectivity index (χ2n) is 5.83. The molecular formula is C19H17ClN2O3S2. The van der Waals surface area contributed by atoms with Crippen LogP contribution in [0.2, 0.25) is 5.02 Å². The van der Waals surface area contributed by atoms with Gasteiger partial charge in [-0.25, -0.2) is 0 Å². The fourth-order valence-corrected chi connectivity index (χ4v) is 3.79. The summed E-state index contributed by atoms with van der Waals surface area (Å²) in [6.07, 6.45) is 2.47. The van der Waals surface area contributed by atoms with Gasteiger partial charge in [0.1, 0.15) is 22.4 Å². The van der Waals surface area contributed by atoms with Crippen molar-refractivity contribution in [2.75, 3.05) is 13.1 Å². The van der Waals surface area contributed by atoms with Crippen LogP contribution in [0.4, 0.5) is 0 Å². The van der Waals surface area contributed by atoms with Crippen molar-refractivity contribution in [2.45, 2.75) is 13.3 Å². The van der Waals surface area contributed by atoms with Crippen LogP contribution in [0.15, 0.2) is 45.7 Å². The number of thioether (sulfide) groups is 1. The van der Waals surface area contributed by atoms with E-state index in [1.165, 1.54) is 4.90 Å². The molecule has 1 aromatic heterocycles. The summed E-state index contributed by atoms with van der Waals surface area (Å²) in [5, 5.41) is 3.39. The summed E-state index contributed by atoms with van der Waals surface area (Å²) in [7, 11) is 0. The second-order valence-corrected chi connectivity index (χ2v) is 7.94. The first kappa shape index (κ1) is 19.7. The number of hydrogen-bond donors (Lipinski definition) is 1. The molecule has 0 atom stereocenters. The molecule has 1 fully saturated rings. The molecule has 0 aliphatic carbocycles. The van der Waals surface area contributed by atoms with Crippen molar-refractivity contribution in [1.82, 2.24) is 10.2 Å². The molecule has 27 heavy (non-hydrogen) atoms. The highest BCUT2D eigenvalue weighted by Gasteiger charge is 2.33. The lowest BCUT2D eigenvalue weighted by Crippen LogP contribution is -2.39. The van der Waals surface area contributed by atoms with Crippen molar-refractivity contribution in [3.63, 3.8) is 0 Å². The van der Waals surface area contributed by atoms with E-state index in [0.717, 1.165) is 23.7 Å². The van der Waals surface area contributed by atoms with Gasteiger partial charge in [-0.15, -0.1) is 0 Å². The minimum Gasteiger partial charge on any atom is -0.457 e. The smallest absolute Gasteiger partial charge is 0.266 e. The predicted molar refractivity (Wildman–Crippen MR) is 112 cm³/mol. The summed E-state index contributed by atoms with van der Waals surface area (Å²) in [4.78, 5) is 26.2. The third kappa shape index (κ3) is 4.80. The Bertz CT molecular complexity index is 906. The average Bonchev–Trinajstić information content (AvgIpc) is 3.21. The number of carbonyl (C=O) groups is 2. The van der Waals surface area contributed by atoms with E-state index in [-0.39, 0.29) is 18.4 Å². The van der Waals surface area contributed by atoms with E-state index in [2.05, 4.69) is 5.32 Å². The number of nitrogens with one attached hydrogen (secondary N) is 1. The number of carbonyl (C=O) groups excluding carboxylic acids is 2. The van der Waals surface area contributed by atoms with Gasteiger partial charge >= 0.3 is 0 Å². The normalized spacial score (nSPS) is 15.6. The molecule has 1 aromatic carbocycles. The van der Waals surface area contributed by atoms with E-state index in [9.17, 15) is 9.59 Å². The molecule has 0 bridgehead atoms. The van der Waals surface area contributed by atoms with Crippen molar-refractivity contribution in [2.24, 2.45) is 0 Å². The molecular weight excluding hydrogens is 404 g/mol. The maximum atomic E-state index is 12.6. The molecule has 8 heteroatoms. The van der Waals surface area contributed by atoms with Crippen molar-refractivity contribution in [3.8, 4) is 11.3 Å². The topological polar surface area (TPSA) is 62.6 Å². The highest BCUT2D eigenvalue weighted by Crippen LogP contribution is 2.33. The quantitative estimate of drug-likeness (QED) is 0.556. The van der Waals surface area contributed by atoms with Gasteiger partial charge in [0, 0.05) is 23.2 Å². The number of hydrogen-bond acceptors (Lipinski definition) is 5. The Balaban J connectivity index is 1.72. The van der Waals surface area contributed by atoms with Gasteiger partial charge in [0.05, 0.1) is 4.91 Å². The summed E-state index contributed by atoms with van der Waals surface area (Å²) in [6, 6.07) is 10.9. The van der Waals surface area contributed by atoms with E-state index in [1.807, 2.05) is 25.1 Å². The maximum absolute atomic E-state index is 12.6. The van der Waals surface area contributed by atoms with Gasteiger partial charge in [0.15, 0.2) is 0 Å². The van der Waals surface area contributed by atoms with Crippen LogP contribution in [0, 0.1) is 0 Å². The lowest BCUT2D eigenvalue weighted by molar-refractivity contribution is -0.128. The molecule has 1 aliphatic rings. The zero-order valence-electron chi connectivity index (χ0n) is 14.5. The van der Waals surface area contributed by atoms with Gasteiger partial charge in [0.25, 0.3) is 5.91 Å². The number of rotatable bonds is 6. The average molecular weight is 421 g/mol. The van der Waals surface area contributed by atoms with Gasteiger partial charge in [0.2, 0.25) is 5.91 Å². The monoisotopic (exact) mass is 420 g/mol. The Morgan fingerprint density at radius 3 is 2.74 bits per heavy atom. The molecule has 140 valence electrons. The van der Waals surface area contributed by atoms with Crippen LogP contribution in [-0.4, -0.2) is 34.1 Å². The molecule has 0 radical (unpaired) electrons. The maximum Gasteiger partial charge on any atom is 0.266 e. The summed E-state index contributed by atoms with van der Waals surface area (Å²) >= 11 is 12.3. The van der Waals surface area contributed by atoms with Crippen LogP contribution in [0.1, 0.15) is 19.1 Å². The first-order valence-corrected chi connectivity index (χ1v) is 9.96. The standard InChI is InChI=1S/C19H17ClN2O3S2/c1-2-9-21-17(23)11-22-18(24)16(27-19(22)26)10-14-7-8-15(25-14)12-3-5-13(20)6-4-12/h3-8,10H,2,9,11H2,1H3,(H,21,23)/b16-10-. The van der Waals surface area contributed by atoms with E-state index < -0.39 is 0 Å². The Hall–Kier alpha value is -2.09. The second kappa shape index (κ2) is 8.73. The van der Waals surface area contributed by atoms with Crippen LogP contribution in [0.5, 0.6) is 0 Å². The summed E-state index contributed by atoms with van der Waals surface area (Å²) in [6.45, 7) is 2.46. The highest BCUT2D eigenvalue weighted by atomic mass is 35.5. The molecule has 0 spiro atoms. The van der Waals surface area contributed by atoms with Crippen LogP contribution < -0.4 is 5.32 Å². The summed E-state index contributed by atoms with van der Waals surface area (Å²) < 4.78 is 6.16. The van der Waals surface area contributed by atoms with Crippen LogP contribution in [0.3, 0.4) is 0 Å². The van der Waals surface area contributed by atoms with E-state index in [0.29, 0.717) is 32.3 Å². The zero-order valence-corrected chi connectivity index (χ0v) is 16.9. The van der Waals surface area contributed by atoms with Gasteiger partial charge in [-0.05, 0) is 42.8 Å². The fourth-order valence-electron chi connectivity index (χ4n) is 2.43. The van der Waals surface area contributed by atoms with Gasteiger partial charge in [-0.1, -0.05) is 42.5 Å². The Morgan fingerprint density at radius 2 is 2.04 bits per heavy atom. The molecule has 2 heterocycles. The molecule has 0 unspecified atom stereocenters. The van der Waals surface area contributed by atoms with Gasteiger partial charge in [-0.2, -0.15) is 0 Å². The lowest BCUT2D eigenvalue weighted by Gasteiger charge is -2.13. The van der Waals surface area contributed by atoms with E-state index in [4.69, 9.17) is 28.2 Å². The number of amides is 2. The molecule has 1 N–H and O–H groups in total. The van der Waals surface area contributed by atoms with E-state index in [1.54, 1.807) is 24.3 Å². The first-order valence-electron chi connectivity index (χ1n) is 8.35. The Labute approximate surface area is 171 Å². The van der Waals surface area contributed by atoms with Gasteiger partial charge in [-0.3, -0.25) is 14.5 Å². The third-order valence-electron chi connectivity index (χ3n) is 3.78. The number of thiocarbonyl (C=S) groups is 1. The molecule has 2 amide bonds. The number of furan rings is 1. The number of halogens is 1. The molecule has 5 nitrogen and oxygen atoms in total. The molecule has 1 saturated heterocycles. The predicted octanol–water partition coefficient (Wildman–Crippen LogP) is 4.33. The van der Waals surface area contributed by atoms with Crippen molar-refractivity contribution in [1.29, 1.82) is 0 Å². The SMILES string of the molecule is CCCNC(=O)CN1C(=O)/C(=C/c2ccc(-c3ccc(Cl)cc3)o2)SC1=S. The zero-order chi connectivity index (χ0) is 19.4. The van der Waals surface area contributed by atoms with Crippen LogP contribution in [0.25, 0.3) is 17.4 Å². The Morgan fingerprint density at radius 1 is 1.30 bits per heavy atom. The molecule has 1 aliphatic heterocycles. The fraction of sp³-hybridized carbons (Fsp3) is 0.211.